The number of nitrogens with zero attached hydrogens (tertiary/aromatic N) is 1. The Kier molecular flexibility index (Phi) is 3.49. The van der Waals surface area contributed by atoms with Crippen molar-refractivity contribution in [2.75, 3.05) is 13.7 Å². The zero-order chi connectivity index (χ0) is 8.97. The molecule has 0 aliphatic heterocycles. The van der Waals surface area contributed by atoms with Crippen LogP contribution in [-0.2, 0) is 17.7 Å². The first kappa shape index (κ1) is 9.48. The third-order valence-electron chi connectivity index (χ3n) is 1.78. The van der Waals surface area contributed by atoms with Crippen LogP contribution in [0.3, 0.4) is 0 Å². The second-order valence-electron chi connectivity index (χ2n) is 2.53. The largest absolute Gasteiger partial charge is 0.383 e. The highest BCUT2D eigenvalue weighted by Crippen LogP contribution is 2.01. The lowest BCUT2D eigenvalue weighted by Gasteiger charge is -2.04. The first-order valence-electron chi connectivity index (χ1n) is 4.00. The van der Waals surface area contributed by atoms with Crippen LogP contribution in [0.5, 0.6) is 0 Å². The number of ether oxygens (including phenoxy) is 1. The summed E-state index contributed by atoms with van der Waals surface area (Å²) in [4.78, 5) is 0.615. The molecule has 0 spiro atoms. The third-order valence-corrected chi connectivity index (χ3v) is 2.61. The number of aryl methyl sites for hydroxylation is 1. The van der Waals surface area contributed by atoms with E-state index in [1.807, 2.05) is 9.95 Å². The zero-order valence-electron chi connectivity index (χ0n) is 7.46. The SMILES string of the molecule is CCc1csc(=N)n1CCOC. The summed E-state index contributed by atoms with van der Waals surface area (Å²) < 4.78 is 6.96. The smallest absolute Gasteiger partial charge is 0.182 e. The Hall–Kier alpha value is -0.610. The molecule has 0 radical (unpaired) electrons. The molecule has 0 fully saturated rings. The van der Waals surface area contributed by atoms with Gasteiger partial charge in [-0.05, 0) is 6.42 Å². The Morgan fingerprint density at radius 2 is 2.42 bits per heavy atom. The molecule has 3 nitrogen and oxygen atoms in total. The van der Waals surface area contributed by atoms with Gasteiger partial charge in [-0.15, -0.1) is 11.3 Å². The molecule has 0 unspecified atom stereocenters. The Labute approximate surface area is 76.1 Å². The number of hydrogen-bond donors (Lipinski definition) is 1. The molecule has 12 heavy (non-hydrogen) atoms. The van der Waals surface area contributed by atoms with Crippen molar-refractivity contribution < 1.29 is 4.74 Å². The van der Waals surface area contributed by atoms with Crippen LogP contribution < -0.4 is 4.80 Å². The Morgan fingerprint density at radius 1 is 1.67 bits per heavy atom. The predicted octanol–water partition coefficient (Wildman–Crippen LogP) is 1.24. The molecule has 0 bridgehead atoms. The molecule has 0 saturated carbocycles. The van der Waals surface area contributed by atoms with Gasteiger partial charge in [0.1, 0.15) is 0 Å². The second-order valence-corrected chi connectivity index (χ2v) is 3.39. The number of methoxy groups -OCH3 is 1. The van der Waals surface area contributed by atoms with Gasteiger partial charge in [0.2, 0.25) is 0 Å². The second kappa shape index (κ2) is 4.42. The summed E-state index contributed by atoms with van der Waals surface area (Å²) in [5.74, 6) is 0. The topological polar surface area (TPSA) is 38.0 Å². The fourth-order valence-corrected chi connectivity index (χ4v) is 1.96. The van der Waals surface area contributed by atoms with Crippen molar-refractivity contribution in [1.82, 2.24) is 4.57 Å². The first-order chi connectivity index (χ1) is 5.79. The van der Waals surface area contributed by atoms with E-state index in [9.17, 15) is 0 Å². The minimum atomic E-state index is 0.615. The molecule has 1 aromatic rings. The minimum Gasteiger partial charge on any atom is -0.383 e. The van der Waals surface area contributed by atoms with Gasteiger partial charge in [-0.1, -0.05) is 6.92 Å². The van der Waals surface area contributed by atoms with Crippen molar-refractivity contribution in [3.05, 3.63) is 15.9 Å². The number of thiazole rings is 1. The maximum atomic E-state index is 7.60. The van der Waals surface area contributed by atoms with Gasteiger partial charge in [-0.25, -0.2) is 0 Å². The molecule has 0 aliphatic carbocycles. The summed E-state index contributed by atoms with van der Waals surface area (Å²) in [5, 5.41) is 9.64. The van der Waals surface area contributed by atoms with E-state index in [0.717, 1.165) is 13.0 Å². The van der Waals surface area contributed by atoms with E-state index in [1.54, 1.807) is 7.11 Å². The minimum absolute atomic E-state index is 0.615. The number of hydrogen-bond acceptors (Lipinski definition) is 3. The zero-order valence-corrected chi connectivity index (χ0v) is 8.28. The number of aromatic nitrogens is 1. The summed E-state index contributed by atoms with van der Waals surface area (Å²) in [6.07, 6.45) is 0.985. The molecule has 1 heterocycles. The molecule has 0 aliphatic rings. The lowest BCUT2D eigenvalue weighted by Crippen LogP contribution is -2.18. The number of rotatable bonds is 4. The van der Waals surface area contributed by atoms with E-state index in [-0.39, 0.29) is 0 Å². The van der Waals surface area contributed by atoms with E-state index in [4.69, 9.17) is 10.1 Å². The Morgan fingerprint density at radius 3 is 3.00 bits per heavy atom. The van der Waals surface area contributed by atoms with Crippen LogP contribution in [0.4, 0.5) is 0 Å². The van der Waals surface area contributed by atoms with Crippen molar-refractivity contribution in [2.24, 2.45) is 0 Å². The summed E-state index contributed by atoms with van der Waals surface area (Å²) >= 11 is 1.48. The normalized spacial score (nSPS) is 10.5. The maximum absolute atomic E-state index is 7.60. The highest BCUT2D eigenvalue weighted by atomic mass is 32.1. The van der Waals surface area contributed by atoms with Gasteiger partial charge in [0.25, 0.3) is 0 Å². The maximum Gasteiger partial charge on any atom is 0.182 e. The summed E-state index contributed by atoms with van der Waals surface area (Å²) in [6.45, 7) is 3.58. The quantitative estimate of drug-likeness (QED) is 0.754. The van der Waals surface area contributed by atoms with E-state index in [2.05, 4.69) is 6.92 Å². The van der Waals surface area contributed by atoms with Crippen LogP contribution in [0, 0.1) is 5.41 Å². The van der Waals surface area contributed by atoms with Gasteiger partial charge in [-0.2, -0.15) is 0 Å². The van der Waals surface area contributed by atoms with E-state index in [0.29, 0.717) is 11.4 Å². The highest BCUT2D eigenvalue weighted by Gasteiger charge is 2.00. The van der Waals surface area contributed by atoms with Crippen molar-refractivity contribution in [2.45, 2.75) is 19.9 Å². The third kappa shape index (κ3) is 1.95. The molecule has 0 saturated heterocycles. The fraction of sp³-hybridized carbons (Fsp3) is 0.625. The predicted molar refractivity (Wildman–Crippen MR) is 49.4 cm³/mol. The van der Waals surface area contributed by atoms with Gasteiger partial charge in [-0.3, -0.25) is 5.41 Å². The van der Waals surface area contributed by atoms with E-state index < -0.39 is 0 Å². The molecule has 68 valence electrons. The molecular formula is C8H14N2OS. The van der Waals surface area contributed by atoms with Crippen molar-refractivity contribution in [3.63, 3.8) is 0 Å². The first-order valence-corrected chi connectivity index (χ1v) is 4.88. The molecule has 1 rings (SSSR count). The lowest BCUT2D eigenvalue weighted by molar-refractivity contribution is 0.185. The van der Waals surface area contributed by atoms with Gasteiger partial charge in [0.05, 0.1) is 6.61 Å². The van der Waals surface area contributed by atoms with Crippen molar-refractivity contribution >= 4 is 11.3 Å². The van der Waals surface area contributed by atoms with Gasteiger partial charge in [0.15, 0.2) is 4.80 Å². The van der Waals surface area contributed by atoms with Crippen LogP contribution in [-0.4, -0.2) is 18.3 Å². The summed E-state index contributed by atoms with van der Waals surface area (Å²) in [5.41, 5.74) is 1.22. The van der Waals surface area contributed by atoms with E-state index >= 15 is 0 Å². The fourth-order valence-electron chi connectivity index (χ4n) is 1.08. The van der Waals surface area contributed by atoms with Crippen molar-refractivity contribution in [3.8, 4) is 0 Å². The molecule has 0 aromatic carbocycles. The molecular weight excluding hydrogens is 172 g/mol. The lowest BCUT2D eigenvalue weighted by atomic mass is 10.4. The molecule has 0 amide bonds. The highest BCUT2D eigenvalue weighted by molar-refractivity contribution is 7.07. The van der Waals surface area contributed by atoms with Crippen LogP contribution in [0.15, 0.2) is 5.38 Å². The monoisotopic (exact) mass is 186 g/mol. The van der Waals surface area contributed by atoms with Crippen LogP contribution >= 0.6 is 11.3 Å². The van der Waals surface area contributed by atoms with Crippen LogP contribution in [0.1, 0.15) is 12.6 Å². The van der Waals surface area contributed by atoms with Gasteiger partial charge in [0, 0.05) is 24.7 Å². The Bertz CT molecular complexity index is 289. The van der Waals surface area contributed by atoms with Gasteiger partial charge < -0.3 is 9.30 Å². The molecule has 0 atom stereocenters. The van der Waals surface area contributed by atoms with Gasteiger partial charge >= 0.3 is 0 Å². The standard InChI is InChI=1S/C8H14N2OS/c1-3-7-6-12-8(9)10(7)4-5-11-2/h6,9H,3-5H2,1-2H3. The Balaban J connectivity index is 2.79. The molecule has 1 N–H and O–H groups in total. The molecule has 1 aromatic heterocycles. The summed E-state index contributed by atoms with van der Waals surface area (Å²) in [6, 6.07) is 0. The van der Waals surface area contributed by atoms with Crippen LogP contribution in [0.2, 0.25) is 0 Å². The van der Waals surface area contributed by atoms with Crippen LogP contribution in [0.25, 0.3) is 0 Å². The molecule has 4 heteroatoms. The number of nitrogens with one attached hydrogen (secondary N) is 1. The average Bonchev–Trinajstić information content (AvgIpc) is 2.43. The average molecular weight is 186 g/mol. The summed E-state index contributed by atoms with van der Waals surface area (Å²) in [7, 11) is 1.68. The van der Waals surface area contributed by atoms with E-state index in [1.165, 1.54) is 17.0 Å². The van der Waals surface area contributed by atoms with Crippen molar-refractivity contribution in [1.29, 1.82) is 5.41 Å².